The van der Waals surface area contributed by atoms with Gasteiger partial charge in [0, 0.05) is 32.5 Å². The minimum absolute atomic E-state index is 0.0274. The summed E-state index contributed by atoms with van der Waals surface area (Å²) in [4.78, 5) is 22.3. The van der Waals surface area contributed by atoms with Crippen molar-refractivity contribution in [2.45, 2.75) is 46.2 Å². The zero-order valence-corrected chi connectivity index (χ0v) is 14.7. The van der Waals surface area contributed by atoms with E-state index in [2.05, 4.69) is 40.8 Å². The molecule has 0 saturated heterocycles. The normalized spacial score (nSPS) is 14.5. The van der Waals surface area contributed by atoms with E-state index in [1.54, 1.807) is 7.11 Å². The van der Waals surface area contributed by atoms with Crippen LogP contribution in [-0.2, 0) is 25.9 Å². The smallest absolute Gasteiger partial charge is 0.255 e. The Kier molecular flexibility index (Phi) is 5.00. The van der Waals surface area contributed by atoms with Gasteiger partial charge < -0.3 is 9.72 Å². The predicted molar refractivity (Wildman–Crippen MR) is 94.4 cm³/mol. The molecule has 0 aliphatic carbocycles. The number of hydrogen-bond acceptors (Lipinski definition) is 4. The van der Waals surface area contributed by atoms with Gasteiger partial charge in [0.2, 0.25) is 0 Å². The maximum Gasteiger partial charge on any atom is 0.255 e. The van der Waals surface area contributed by atoms with Crippen LogP contribution in [0.2, 0.25) is 0 Å². The molecule has 128 valence electrons. The van der Waals surface area contributed by atoms with Crippen LogP contribution in [0, 0.1) is 6.92 Å². The van der Waals surface area contributed by atoms with Crippen molar-refractivity contribution in [1.29, 1.82) is 0 Å². The number of aromatic amines is 1. The first-order valence-electron chi connectivity index (χ1n) is 8.57. The topological polar surface area (TPSA) is 58.2 Å². The minimum atomic E-state index is 0.0274. The first kappa shape index (κ1) is 16.7. The van der Waals surface area contributed by atoms with Crippen LogP contribution in [-0.4, -0.2) is 28.5 Å². The highest BCUT2D eigenvalue weighted by atomic mass is 16.5. The Balaban J connectivity index is 1.77. The highest BCUT2D eigenvalue weighted by Gasteiger charge is 2.21. The Morgan fingerprint density at radius 3 is 2.92 bits per heavy atom. The molecule has 0 atom stereocenters. The van der Waals surface area contributed by atoms with Gasteiger partial charge in [0.15, 0.2) is 0 Å². The summed E-state index contributed by atoms with van der Waals surface area (Å²) in [6, 6.07) is 6.15. The van der Waals surface area contributed by atoms with Crippen LogP contribution >= 0.6 is 0 Å². The maximum absolute atomic E-state index is 12.4. The molecule has 1 N–H and O–H groups in total. The second kappa shape index (κ2) is 7.18. The molecule has 1 aliphatic rings. The Morgan fingerprint density at radius 2 is 2.21 bits per heavy atom. The van der Waals surface area contributed by atoms with E-state index in [1.165, 1.54) is 11.1 Å². The number of nitrogens with one attached hydrogen (secondary N) is 1. The van der Waals surface area contributed by atoms with Crippen molar-refractivity contribution in [3.8, 4) is 5.75 Å². The van der Waals surface area contributed by atoms with Crippen LogP contribution in [0.4, 0.5) is 0 Å². The van der Waals surface area contributed by atoms with Gasteiger partial charge >= 0.3 is 0 Å². The van der Waals surface area contributed by atoms with Gasteiger partial charge in [-0.15, -0.1) is 0 Å². The summed E-state index contributed by atoms with van der Waals surface area (Å²) in [5.74, 6) is 1.70. The molecule has 5 nitrogen and oxygen atoms in total. The van der Waals surface area contributed by atoms with Crippen LogP contribution in [0.25, 0.3) is 0 Å². The van der Waals surface area contributed by atoms with Crippen molar-refractivity contribution in [3.63, 3.8) is 0 Å². The predicted octanol–water partition coefficient (Wildman–Crippen LogP) is 2.60. The van der Waals surface area contributed by atoms with Gasteiger partial charge in [-0.1, -0.05) is 13.0 Å². The third-order valence-corrected chi connectivity index (χ3v) is 4.63. The fraction of sp³-hybridized carbons (Fsp3) is 0.474. The van der Waals surface area contributed by atoms with Gasteiger partial charge in [0.1, 0.15) is 11.6 Å². The van der Waals surface area contributed by atoms with E-state index in [0.29, 0.717) is 6.54 Å². The Hall–Kier alpha value is -2.14. The molecule has 0 saturated carbocycles. The number of aromatic nitrogens is 2. The summed E-state index contributed by atoms with van der Waals surface area (Å²) in [5.41, 5.74) is 4.31. The molecule has 24 heavy (non-hydrogen) atoms. The van der Waals surface area contributed by atoms with Crippen LogP contribution in [0.5, 0.6) is 5.75 Å². The first-order valence-corrected chi connectivity index (χ1v) is 8.57. The average molecular weight is 327 g/mol. The molecule has 1 aliphatic heterocycles. The summed E-state index contributed by atoms with van der Waals surface area (Å²) in [6.45, 7) is 6.63. The van der Waals surface area contributed by atoms with Crippen molar-refractivity contribution < 1.29 is 4.74 Å². The molecule has 1 aromatic heterocycles. The van der Waals surface area contributed by atoms with Crippen LogP contribution in [0.15, 0.2) is 23.0 Å². The van der Waals surface area contributed by atoms with E-state index in [9.17, 15) is 4.79 Å². The summed E-state index contributed by atoms with van der Waals surface area (Å²) >= 11 is 0. The first-order chi connectivity index (χ1) is 11.6. The lowest BCUT2D eigenvalue weighted by Crippen LogP contribution is -2.36. The minimum Gasteiger partial charge on any atom is -0.497 e. The van der Waals surface area contributed by atoms with Gasteiger partial charge in [-0.25, -0.2) is 4.98 Å². The number of methoxy groups -OCH3 is 1. The van der Waals surface area contributed by atoms with Crippen LogP contribution in [0.3, 0.4) is 0 Å². The molecule has 0 amide bonds. The molecule has 0 fully saturated rings. The summed E-state index contributed by atoms with van der Waals surface area (Å²) < 4.78 is 5.27. The third-order valence-electron chi connectivity index (χ3n) is 4.63. The van der Waals surface area contributed by atoms with Crippen molar-refractivity contribution in [1.82, 2.24) is 14.9 Å². The number of rotatable bonds is 5. The highest BCUT2D eigenvalue weighted by molar-refractivity contribution is 5.35. The third kappa shape index (κ3) is 3.51. The monoisotopic (exact) mass is 327 g/mol. The molecule has 3 rings (SSSR count). The van der Waals surface area contributed by atoms with Crippen molar-refractivity contribution in [3.05, 3.63) is 56.8 Å². The molecule has 2 heterocycles. The molecular weight excluding hydrogens is 302 g/mol. The Labute approximate surface area is 142 Å². The molecule has 2 aromatic rings. The number of H-pyrrole nitrogens is 1. The number of ether oxygens (including phenoxy) is 1. The maximum atomic E-state index is 12.4. The fourth-order valence-corrected chi connectivity index (χ4v) is 3.24. The zero-order chi connectivity index (χ0) is 17.1. The van der Waals surface area contributed by atoms with E-state index in [0.717, 1.165) is 55.2 Å². The fourth-order valence-electron chi connectivity index (χ4n) is 3.24. The molecular formula is C19H25N3O2. The largest absolute Gasteiger partial charge is 0.497 e. The molecule has 0 unspecified atom stereocenters. The number of aryl methyl sites for hydroxylation is 2. The van der Waals surface area contributed by atoms with Crippen LogP contribution < -0.4 is 10.3 Å². The number of benzene rings is 1. The lowest BCUT2D eigenvalue weighted by molar-refractivity contribution is 0.241. The SMILES string of the molecule is CCCc1nc2c(c(=O)[nH]1)CN(Cc1ccc(OC)cc1C)CC2. The molecule has 5 heteroatoms. The van der Waals surface area contributed by atoms with Crippen molar-refractivity contribution in [2.75, 3.05) is 13.7 Å². The second-order valence-corrected chi connectivity index (χ2v) is 6.44. The summed E-state index contributed by atoms with van der Waals surface area (Å²) in [7, 11) is 1.68. The Bertz CT molecular complexity index is 783. The van der Waals surface area contributed by atoms with E-state index in [1.807, 2.05) is 6.07 Å². The van der Waals surface area contributed by atoms with Gasteiger partial charge in [-0.3, -0.25) is 9.69 Å². The summed E-state index contributed by atoms with van der Waals surface area (Å²) in [5, 5.41) is 0. The van der Waals surface area contributed by atoms with Gasteiger partial charge in [0.25, 0.3) is 5.56 Å². The van der Waals surface area contributed by atoms with Gasteiger partial charge in [0.05, 0.1) is 18.4 Å². The highest BCUT2D eigenvalue weighted by Crippen LogP contribution is 2.21. The number of nitrogens with zero attached hydrogens (tertiary/aromatic N) is 2. The van der Waals surface area contributed by atoms with Gasteiger partial charge in [-0.05, 0) is 36.6 Å². The average Bonchev–Trinajstić information content (AvgIpc) is 2.57. The molecule has 0 spiro atoms. The Morgan fingerprint density at radius 1 is 1.38 bits per heavy atom. The molecule has 1 aromatic carbocycles. The van der Waals surface area contributed by atoms with E-state index >= 15 is 0 Å². The molecule has 0 bridgehead atoms. The van der Waals surface area contributed by atoms with E-state index in [-0.39, 0.29) is 5.56 Å². The zero-order valence-electron chi connectivity index (χ0n) is 14.7. The lowest BCUT2D eigenvalue weighted by Gasteiger charge is -2.28. The second-order valence-electron chi connectivity index (χ2n) is 6.44. The van der Waals surface area contributed by atoms with E-state index < -0.39 is 0 Å². The van der Waals surface area contributed by atoms with E-state index in [4.69, 9.17) is 4.74 Å². The standard InChI is InChI=1S/C19H25N3O2/c1-4-5-18-20-17-8-9-22(12-16(17)19(23)21-18)11-14-6-7-15(24-3)10-13(14)2/h6-7,10H,4-5,8-9,11-12H2,1-3H3,(H,20,21,23). The number of hydrogen-bond donors (Lipinski definition) is 1. The van der Waals surface area contributed by atoms with Gasteiger partial charge in [-0.2, -0.15) is 0 Å². The molecule has 0 radical (unpaired) electrons. The quantitative estimate of drug-likeness (QED) is 0.917. The van der Waals surface area contributed by atoms with Crippen molar-refractivity contribution in [2.24, 2.45) is 0 Å². The van der Waals surface area contributed by atoms with Crippen LogP contribution in [0.1, 0.15) is 41.6 Å². The lowest BCUT2D eigenvalue weighted by atomic mass is 10.0. The van der Waals surface area contributed by atoms with Crippen molar-refractivity contribution >= 4 is 0 Å². The summed E-state index contributed by atoms with van der Waals surface area (Å²) in [6.07, 6.45) is 2.66. The number of fused-ring (bicyclic) bond motifs is 1.